The number of phenols is 1. The summed E-state index contributed by atoms with van der Waals surface area (Å²) >= 11 is 1.84. The Hall–Kier alpha value is -0.710. The number of nitrogens with one attached hydrogen (secondary N) is 1. The molecule has 0 aromatic heterocycles. The van der Waals surface area contributed by atoms with Crippen LogP contribution >= 0.6 is 11.8 Å². The number of aromatic hydroxyl groups is 1. The Morgan fingerprint density at radius 2 is 2.12 bits per heavy atom. The lowest BCUT2D eigenvalue weighted by atomic mass is 10.2. The first-order chi connectivity index (χ1) is 7.83. The molecule has 3 N–H and O–H groups in total. The Kier molecular flexibility index (Phi) is 7.05. The number of aliphatic hydroxyl groups is 1. The van der Waals surface area contributed by atoms with E-state index >= 15 is 0 Å². The molecule has 16 heavy (non-hydrogen) atoms. The van der Waals surface area contributed by atoms with Crippen LogP contribution in [0.25, 0.3) is 0 Å². The largest absolute Gasteiger partial charge is 0.508 e. The summed E-state index contributed by atoms with van der Waals surface area (Å²) in [5, 5.41) is 21.2. The molecule has 1 aromatic rings. The van der Waals surface area contributed by atoms with Crippen molar-refractivity contribution in [2.45, 2.75) is 13.0 Å². The number of rotatable bonds is 8. The third-order valence-corrected chi connectivity index (χ3v) is 3.18. The van der Waals surface area contributed by atoms with Crippen LogP contribution in [-0.2, 0) is 6.54 Å². The summed E-state index contributed by atoms with van der Waals surface area (Å²) in [4.78, 5) is 0. The van der Waals surface area contributed by atoms with Crippen LogP contribution in [0.5, 0.6) is 5.75 Å². The van der Waals surface area contributed by atoms with Crippen molar-refractivity contribution in [3.8, 4) is 5.75 Å². The summed E-state index contributed by atoms with van der Waals surface area (Å²) in [6.45, 7) is 2.02. The summed E-state index contributed by atoms with van der Waals surface area (Å²) in [5.41, 5.74) is 1.10. The lowest BCUT2D eigenvalue weighted by Crippen LogP contribution is -2.16. The fourth-order valence-corrected chi connectivity index (χ4v) is 2.14. The van der Waals surface area contributed by atoms with E-state index in [9.17, 15) is 5.11 Å². The molecule has 4 heteroatoms. The molecule has 0 atom stereocenters. The Morgan fingerprint density at radius 1 is 1.25 bits per heavy atom. The lowest BCUT2D eigenvalue weighted by Gasteiger charge is -2.05. The van der Waals surface area contributed by atoms with Gasteiger partial charge in [-0.2, -0.15) is 11.8 Å². The maximum absolute atomic E-state index is 9.26. The van der Waals surface area contributed by atoms with Crippen LogP contribution < -0.4 is 5.32 Å². The van der Waals surface area contributed by atoms with Gasteiger partial charge in [0.15, 0.2) is 0 Å². The number of thioether (sulfide) groups is 1. The summed E-state index contributed by atoms with van der Waals surface area (Å²) in [7, 11) is 0. The third-order valence-electron chi connectivity index (χ3n) is 2.11. The average Bonchev–Trinajstić information content (AvgIpc) is 2.28. The van der Waals surface area contributed by atoms with Crippen molar-refractivity contribution in [2.24, 2.45) is 0 Å². The summed E-state index contributed by atoms with van der Waals surface area (Å²) in [6.07, 6.45) is 0.872. The van der Waals surface area contributed by atoms with Crippen molar-refractivity contribution in [3.05, 3.63) is 29.8 Å². The summed E-state index contributed by atoms with van der Waals surface area (Å²) in [5.74, 6) is 2.39. The molecular weight excluding hydrogens is 222 g/mol. The number of phenolic OH excluding ortho intramolecular Hbond substituents is 1. The Balaban J connectivity index is 2.03. The Morgan fingerprint density at radius 3 is 2.88 bits per heavy atom. The van der Waals surface area contributed by atoms with E-state index in [0.717, 1.165) is 36.6 Å². The standard InChI is InChI=1S/C12H19NO2S/c14-6-2-7-16-8-5-13-10-11-3-1-4-12(15)9-11/h1,3-4,9,13-15H,2,5-8,10H2. The Bertz CT molecular complexity index is 294. The molecule has 0 bridgehead atoms. The maximum Gasteiger partial charge on any atom is 0.115 e. The van der Waals surface area contributed by atoms with Crippen LogP contribution in [0.4, 0.5) is 0 Å². The van der Waals surface area contributed by atoms with E-state index in [1.165, 1.54) is 0 Å². The van der Waals surface area contributed by atoms with Gasteiger partial charge in [-0.1, -0.05) is 12.1 Å². The van der Waals surface area contributed by atoms with Gasteiger partial charge in [0.2, 0.25) is 0 Å². The second-order valence-electron chi connectivity index (χ2n) is 3.54. The van der Waals surface area contributed by atoms with Gasteiger partial charge in [-0.15, -0.1) is 0 Å². The monoisotopic (exact) mass is 241 g/mol. The van der Waals surface area contributed by atoms with Gasteiger partial charge in [0, 0.05) is 25.4 Å². The minimum Gasteiger partial charge on any atom is -0.508 e. The zero-order valence-corrected chi connectivity index (χ0v) is 10.2. The normalized spacial score (nSPS) is 10.6. The van der Waals surface area contributed by atoms with E-state index in [-0.39, 0.29) is 6.61 Å². The molecule has 3 nitrogen and oxygen atoms in total. The van der Waals surface area contributed by atoms with Crippen molar-refractivity contribution in [3.63, 3.8) is 0 Å². The highest BCUT2D eigenvalue weighted by atomic mass is 32.2. The fraction of sp³-hybridized carbons (Fsp3) is 0.500. The molecular formula is C12H19NO2S. The van der Waals surface area contributed by atoms with Crippen LogP contribution in [-0.4, -0.2) is 34.9 Å². The van der Waals surface area contributed by atoms with Crippen molar-refractivity contribution in [2.75, 3.05) is 24.7 Å². The van der Waals surface area contributed by atoms with Gasteiger partial charge in [-0.3, -0.25) is 0 Å². The van der Waals surface area contributed by atoms with Gasteiger partial charge >= 0.3 is 0 Å². The first-order valence-electron chi connectivity index (χ1n) is 5.50. The van der Waals surface area contributed by atoms with Gasteiger partial charge in [-0.25, -0.2) is 0 Å². The predicted molar refractivity (Wildman–Crippen MR) is 68.8 cm³/mol. The number of benzene rings is 1. The molecule has 0 spiro atoms. The van der Waals surface area contributed by atoms with Gasteiger partial charge < -0.3 is 15.5 Å². The minimum absolute atomic E-state index is 0.281. The van der Waals surface area contributed by atoms with Gasteiger partial charge in [-0.05, 0) is 29.9 Å². The van der Waals surface area contributed by atoms with Gasteiger partial charge in [0.25, 0.3) is 0 Å². The lowest BCUT2D eigenvalue weighted by molar-refractivity contribution is 0.296. The van der Waals surface area contributed by atoms with Gasteiger partial charge in [0.05, 0.1) is 0 Å². The van der Waals surface area contributed by atoms with Crippen LogP contribution in [0, 0.1) is 0 Å². The molecule has 0 aliphatic carbocycles. The van der Waals surface area contributed by atoms with Crippen molar-refractivity contribution in [1.29, 1.82) is 0 Å². The molecule has 90 valence electrons. The van der Waals surface area contributed by atoms with Crippen molar-refractivity contribution in [1.82, 2.24) is 5.32 Å². The summed E-state index contributed by atoms with van der Waals surface area (Å²) < 4.78 is 0. The van der Waals surface area contributed by atoms with E-state index in [0.29, 0.717) is 5.75 Å². The average molecular weight is 241 g/mol. The highest BCUT2D eigenvalue weighted by Gasteiger charge is 1.94. The second-order valence-corrected chi connectivity index (χ2v) is 4.76. The van der Waals surface area contributed by atoms with Crippen molar-refractivity contribution >= 4 is 11.8 Å². The first kappa shape index (κ1) is 13.4. The summed E-state index contributed by atoms with van der Waals surface area (Å²) in [6, 6.07) is 7.29. The predicted octanol–water partition coefficient (Wildman–Crippen LogP) is 1.60. The number of aliphatic hydroxyl groups excluding tert-OH is 1. The van der Waals surface area contributed by atoms with E-state index in [1.807, 2.05) is 23.9 Å². The third kappa shape index (κ3) is 6.00. The molecule has 0 unspecified atom stereocenters. The molecule has 0 saturated carbocycles. The minimum atomic E-state index is 0.281. The van der Waals surface area contributed by atoms with Gasteiger partial charge in [0.1, 0.15) is 5.75 Å². The van der Waals surface area contributed by atoms with Crippen LogP contribution in [0.1, 0.15) is 12.0 Å². The zero-order chi connectivity index (χ0) is 11.6. The van der Waals surface area contributed by atoms with Crippen molar-refractivity contribution < 1.29 is 10.2 Å². The van der Waals surface area contributed by atoms with Crippen LogP contribution in [0.15, 0.2) is 24.3 Å². The SMILES string of the molecule is OCCCSCCNCc1cccc(O)c1. The van der Waals surface area contributed by atoms with Crippen LogP contribution in [0.2, 0.25) is 0 Å². The molecule has 0 fully saturated rings. The highest BCUT2D eigenvalue weighted by Crippen LogP contribution is 2.10. The van der Waals surface area contributed by atoms with E-state index < -0.39 is 0 Å². The molecule has 0 heterocycles. The highest BCUT2D eigenvalue weighted by molar-refractivity contribution is 7.99. The van der Waals surface area contributed by atoms with E-state index in [2.05, 4.69) is 5.32 Å². The molecule has 0 aliphatic heterocycles. The smallest absolute Gasteiger partial charge is 0.115 e. The number of hydrogen-bond acceptors (Lipinski definition) is 4. The topological polar surface area (TPSA) is 52.5 Å². The molecule has 0 aliphatic rings. The van der Waals surface area contributed by atoms with E-state index in [4.69, 9.17) is 5.11 Å². The number of hydrogen-bond donors (Lipinski definition) is 3. The fourth-order valence-electron chi connectivity index (χ4n) is 1.31. The molecule has 0 saturated heterocycles. The van der Waals surface area contributed by atoms with Crippen LogP contribution in [0.3, 0.4) is 0 Å². The molecule has 1 rings (SSSR count). The Labute approximate surface area is 101 Å². The first-order valence-corrected chi connectivity index (χ1v) is 6.65. The molecule has 0 amide bonds. The van der Waals surface area contributed by atoms with E-state index in [1.54, 1.807) is 12.1 Å². The quantitative estimate of drug-likeness (QED) is 0.605. The molecule has 0 radical (unpaired) electrons. The molecule has 1 aromatic carbocycles. The zero-order valence-electron chi connectivity index (χ0n) is 9.35. The second kappa shape index (κ2) is 8.44. The maximum atomic E-state index is 9.26.